The Morgan fingerprint density at radius 1 is 1.03 bits per heavy atom. The fourth-order valence-electron chi connectivity index (χ4n) is 4.46. The Bertz CT molecular complexity index is 993. The topological polar surface area (TPSA) is 74.3 Å². The molecule has 0 spiro atoms. The number of aryl methyl sites for hydroxylation is 1. The van der Waals surface area contributed by atoms with Crippen LogP contribution in [0.15, 0.2) is 12.1 Å². The predicted octanol–water partition coefficient (Wildman–Crippen LogP) is 4.86. The van der Waals surface area contributed by atoms with Crippen LogP contribution < -0.4 is 10.6 Å². The van der Waals surface area contributed by atoms with Gasteiger partial charge in [-0.25, -0.2) is 9.78 Å². The van der Waals surface area contributed by atoms with E-state index in [-0.39, 0.29) is 28.9 Å². The molecule has 10 heteroatoms. The van der Waals surface area contributed by atoms with Crippen molar-refractivity contribution >= 4 is 33.5 Å². The SMILES string of the molecule is Cc1c(C(=O)NC2CCN(C(=O)NC3CCCCC3)CC2)sc2nc(C(F)(F)F)ccc12. The molecule has 4 rings (SSSR count). The van der Waals surface area contributed by atoms with Gasteiger partial charge in [-0.05, 0) is 50.3 Å². The maximum absolute atomic E-state index is 12.9. The molecule has 3 amide bonds. The minimum atomic E-state index is -4.52. The van der Waals surface area contributed by atoms with E-state index in [0.717, 1.165) is 43.1 Å². The number of nitrogens with zero attached hydrogens (tertiary/aromatic N) is 2. The van der Waals surface area contributed by atoms with E-state index < -0.39 is 11.9 Å². The largest absolute Gasteiger partial charge is 0.433 e. The van der Waals surface area contributed by atoms with Crippen molar-refractivity contribution in [1.29, 1.82) is 0 Å². The van der Waals surface area contributed by atoms with Gasteiger partial charge in [0.2, 0.25) is 0 Å². The average Bonchev–Trinajstić information content (AvgIpc) is 3.10. The number of carbonyl (C=O) groups excluding carboxylic acids is 2. The maximum Gasteiger partial charge on any atom is 0.433 e. The fourth-order valence-corrected chi connectivity index (χ4v) is 5.55. The summed E-state index contributed by atoms with van der Waals surface area (Å²) < 4.78 is 38.8. The molecule has 0 atom stereocenters. The van der Waals surface area contributed by atoms with Crippen LogP contribution in [0.2, 0.25) is 0 Å². The summed E-state index contributed by atoms with van der Waals surface area (Å²) in [7, 11) is 0. The number of carbonyl (C=O) groups is 2. The van der Waals surface area contributed by atoms with Crippen molar-refractivity contribution in [3.05, 3.63) is 28.3 Å². The van der Waals surface area contributed by atoms with Gasteiger partial charge in [0.1, 0.15) is 10.5 Å². The lowest BCUT2D eigenvalue weighted by atomic mass is 9.95. The summed E-state index contributed by atoms with van der Waals surface area (Å²) in [6, 6.07) is 2.46. The van der Waals surface area contributed by atoms with Crippen LogP contribution >= 0.6 is 11.3 Å². The van der Waals surface area contributed by atoms with Gasteiger partial charge >= 0.3 is 12.2 Å². The molecule has 2 N–H and O–H groups in total. The van der Waals surface area contributed by atoms with Crippen molar-refractivity contribution in [2.75, 3.05) is 13.1 Å². The Labute approximate surface area is 188 Å². The highest BCUT2D eigenvalue weighted by molar-refractivity contribution is 7.20. The Morgan fingerprint density at radius 3 is 2.34 bits per heavy atom. The van der Waals surface area contributed by atoms with Crippen LogP contribution in [0.25, 0.3) is 10.2 Å². The number of amides is 3. The first-order valence-corrected chi connectivity index (χ1v) is 11.9. The number of alkyl halides is 3. The minimum absolute atomic E-state index is 0.0337. The van der Waals surface area contributed by atoms with E-state index in [4.69, 9.17) is 0 Å². The van der Waals surface area contributed by atoms with E-state index in [0.29, 0.717) is 41.8 Å². The third kappa shape index (κ3) is 5.00. The Hall–Kier alpha value is -2.36. The van der Waals surface area contributed by atoms with Gasteiger partial charge in [-0.15, -0.1) is 11.3 Å². The first kappa shape index (κ1) is 22.8. The monoisotopic (exact) mass is 468 g/mol. The van der Waals surface area contributed by atoms with Crippen LogP contribution in [0.4, 0.5) is 18.0 Å². The Balaban J connectivity index is 1.34. The van der Waals surface area contributed by atoms with Gasteiger partial charge in [-0.3, -0.25) is 4.79 Å². The van der Waals surface area contributed by atoms with Crippen LogP contribution in [-0.2, 0) is 6.18 Å². The van der Waals surface area contributed by atoms with Gasteiger partial charge in [0.25, 0.3) is 5.91 Å². The summed E-state index contributed by atoms with van der Waals surface area (Å²) in [5.41, 5.74) is -0.329. The summed E-state index contributed by atoms with van der Waals surface area (Å²) in [5, 5.41) is 6.67. The molecule has 2 aromatic rings. The van der Waals surface area contributed by atoms with E-state index in [1.807, 2.05) is 0 Å². The van der Waals surface area contributed by atoms with Crippen LogP contribution in [-0.4, -0.2) is 47.0 Å². The average molecular weight is 469 g/mol. The molecule has 0 bridgehead atoms. The number of nitrogens with one attached hydrogen (secondary N) is 2. The lowest BCUT2D eigenvalue weighted by Crippen LogP contribution is -2.51. The fraction of sp³-hybridized carbons (Fsp3) is 0.591. The summed E-state index contributed by atoms with van der Waals surface area (Å²) in [6.45, 7) is 2.84. The number of halogens is 3. The second-order valence-corrected chi connectivity index (χ2v) is 9.62. The summed E-state index contributed by atoms with van der Waals surface area (Å²) in [4.78, 5) is 31.4. The molecule has 0 radical (unpaired) electrons. The summed E-state index contributed by atoms with van der Waals surface area (Å²) in [5.74, 6) is -0.302. The molecule has 3 heterocycles. The van der Waals surface area contributed by atoms with E-state index >= 15 is 0 Å². The van der Waals surface area contributed by atoms with Crippen LogP contribution in [0.3, 0.4) is 0 Å². The van der Waals surface area contributed by atoms with E-state index in [1.165, 1.54) is 12.5 Å². The van der Waals surface area contributed by atoms with Gasteiger partial charge in [0.15, 0.2) is 0 Å². The number of hydrogen-bond acceptors (Lipinski definition) is 4. The number of aromatic nitrogens is 1. The van der Waals surface area contributed by atoms with Gasteiger partial charge in [-0.1, -0.05) is 19.3 Å². The van der Waals surface area contributed by atoms with Crippen molar-refractivity contribution in [3.8, 4) is 0 Å². The molecular weight excluding hydrogens is 441 g/mol. The molecule has 2 fully saturated rings. The number of likely N-dealkylation sites (tertiary alicyclic amines) is 1. The van der Waals surface area contributed by atoms with E-state index in [2.05, 4.69) is 15.6 Å². The Kier molecular flexibility index (Phi) is 6.60. The van der Waals surface area contributed by atoms with Crippen molar-refractivity contribution in [3.63, 3.8) is 0 Å². The second kappa shape index (κ2) is 9.25. The molecule has 1 aliphatic carbocycles. The smallest absolute Gasteiger partial charge is 0.348 e. The molecule has 1 saturated heterocycles. The zero-order valence-electron chi connectivity index (χ0n) is 17.9. The molecule has 174 valence electrons. The summed E-state index contributed by atoms with van der Waals surface area (Å²) >= 11 is 0.978. The normalized spacial score (nSPS) is 18.7. The molecule has 2 aromatic heterocycles. The van der Waals surface area contributed by atoms with E-state index in [1.54, 1.807) is 11.8 Å². The minimum Gasteiger partial charge on any atom is -0.348 e. The van der Waals surface area contributed by atoms with E-state index in [9.17, 15) is 22.8 Å². The first-order valence-electron chi connectivity index (χ1n) is 11.1. The highest BCUT2D eigenvalue weighted by atomic mass is 32.1. The van der Waals surface area contributed by atoms with Crippen LogP contribution in [0.5, 0.6) is 0 Å². The highest BCUT2D eigenvalue weighted by Gasteiger charge is 2.33. The first-order chi connectivity index (χ1) is 15.2. The quantitative estimate of drug-likeness (QED) is 0.676. The van der Waals surface area contributed by atoms with Crippen molar-refractivity contribution in [2.45, 2.75) is 70.1 Å². The predicted molar refractivity (Wildman–Crippen MR) is 117 cm³/mol. The molecule has 6 nitrogen and oxygen atoms in total. The number of fused-ring (bicyclic) bond motifs is 1. The number of rotatable bonds is 3. The molecular formula is C22H27F3N4O2S. The molecule has 0 unspecified atom stereocenters. The molecule has 0 aromatic carbocycles. The lowest BCUT2D eigenvalue weighted by molar-refractivity contribution is -0.140. The number of pyridine rings is 1. The lowest BCUT2D eigenvalue weighted by Gasteiger charge is -2.34. The van der Waals surface area contributed by atoms with Gasteiger partial charge < -0.3 is 15.5 Å². The number of urea groups is 1. The second-order valence-electron chi connectivity index (χ2n) is 8.62. The van der Waals surface area contributed by atoms with Gasteiger partial charge in [-0.2, -0.15) is 13.2 Å². The van der Waals surface area contributed by atoms with Gasteiger partial charge in [0, 0.05) is 30.6 Å². The molecule has 1 saturated carbocycles. The number of hydrogen-bond donors (Lipinski definition) is 2. The van der Waals surface area contributed by atoms with Crippen molar-refractivity contribution in [2.24, 2.45) is 0 Å². The zero-order valence-corrected chi connectivity index (χ0v) is 18.7. The van der Waals surface area contributed by atoms with Crippen molar-refractivity contribution in [1.82, 2.24) is 20.5 Å². The molecule has 2 aliphatic rings. The standard InChI is InChI=1S/C22H27F3N4O2S/c1-13-16-7-8-17(22(23,24)25)28-20(16)32-18(13)19(30)26-15-9-11-29(12-10-15)21(31)27-14-5-3-2-4-6-14/h7-8,14-15H,2-6,9-12H2,1H3,(H,26,30)(H,27,31). The molecule has 32 heavy (non-hydrogen) atoms. The number of piperidine rings is 1. The third-order valence-electron chi connectivity index (χ3n) is 6.35. The van der Waals surface area contributed by atoms with Crippen molar-refractivity contribution < 1.29 is 22.8 Å². The number of thiophene rings is 1. The maximum atomic E-state index is 12.9. The van der Waals surface area contributed by atoms with Gasteiger partial charge in [0.05, 0.1) is 4.88 Å². The van der Waals surface area contributed by atoms with Crippen LogP contribution in [0.1, 0.15) is 65.9 Å². The van der Waals surface area contributed by atoms with Crippen LogP contribution in [0, 0.1) is 6.92 Å². The zero-order chi connectivity index (χ0) is 22.9. The summed E-state index contributed by atoms with van der Waals surface area (Å²) in [6.07, 6.45) is 2.38. The Morgan fingerprint density at radius 2 is 1.69 bits per heavy atom. The third-order valence-corrected chi connectivity index (χ3v) is 7.55. The molecule has 1 aliphatic heterocycles. The highest BCUT2D eigenvalue weighted by Crippen LogP contribution is 2.34.